The van der Waals surface area contributed by atoms with Crippen LogP contribution < -0.4 is 5.32 Å². The fraction of sp³-hybridized carbons (Fsp3) is 0.560. The smallest absolute Gasteiger partial charge is 0.245 e. The molecule has 1 aromatic carbocycles. The van der Waals surface area contributed by atoms with E-state index in [-0.39, 0.29) is 23.8 Å². The van der Waals surface area contributed by atoms with E-state index >= 15 is 0 Å². The average molecular weight is 442 g/mol. The van der Waals surface area contributed by atoms with Gasteiger partial charge in [0.25, 0.3) is 0 Å². The van der Waals surface area contributed by atoms with Crippen molar-refractivity contribution in [2.45, 2.75) is 59.3 Å². The molecule has 0 atom stereocenters. The molecule has 2 amide bonds. The Morgan fingerprint density at radius 2 is 1.81 bits per heavy atom. The van der Waals surface area contributed by atoms with Gasteiger partial charge in [0.1, 0.15) is 5.82 Å². The number of aromatic nitrogens is 2. The van der Waals surface area contributed by atoms with Gasteiger partial charge in [0.05, 0.1) is 17.9 Å². The van der Waals surface area contributed by atoms with E-state index in [2.05, 4.69) is 33.0 Å². The van der Waals surface area contributed by atoms with Gasteiger partial charge in [-0.05, 0) is 39.1 Å². The van der Waals surface area contributed by atoms with Crippen LogP contribution in [-0.4, -0.2) is 65.1 Å². The number of benzene rings is 1. The maximum absolute atomic E-state index is 13.0. The minimum Gasteiger partial charge on any atom is -0.332 e. The molecule has 176 valence electrons. The van der Waals surface area contributed by atoms with Crippen LogP contribution in [-0.2, 0) is 15.0 Å². The number of hydrogen-bond acceptors (Lipinski definition) is 4. The van der Waals surface area contributed by atoms with E-state index in [1.165, 1.54) is 0 Å². The lowest BCUT2D eigenvalue weighted by Crippen LogP contribution is -2.41. The van der Waals surface area contributed by atoms with E-state index in [9.17, 15) is 9.59 Å². The lowest BCUT2D eigenvalue weighted by molar-refractivity contribution is -0.134. The maximum atomic E-state index is 13.0. The molecule has 0 radical (unpaired) electrons. The van der Waals surface area contributed by atoms with Gasteiger partial charge in [-0.15, -0.1) is 0 Å². The molecule has 0 spiro atoms. The zero-order valence-electron chi connectivity index (χ0n) is 20.7. The first-order valence-corrected chi connectivity index (χ1v) is 11.4. The molecule has 0 saturated heterocycles. The number of nitrogens with one attached hydrogen (secondary N) is 1. The van der Waals surface area contributed by atoms with Crippen LogP contribution in [0.25, 0.3) is 5.69 Å². The second-order valence-corrected chi connectivity index (χ2v) is 9.63. The number of hydrogen-bond donors (Lipinski definition) is 1. The molecule has 0 aliphatic heterocycles. The highest BCUT2D eigenvalue weighted by molar-refractivity contribution is 5.94. The number of amides is 2. The quantitative estimate of drug-likeness (QED) is 0.605. The van der Waals surface area contributed by atoms with Crippen molar-refractivity contribution in [2.24, 2.45) is 0 Å². The van der Waals surface area contributed by atoms with Crippen molar-refractivity contribution in [3.63, 3.8) is 0 Å². The number of anilines is 1. The largest absolute Gasteiger partial charge is 0.332 e. The van der Waals surface area contributed by atoms with Crippen molar-refractivity contribution in [1.82, 2.24) is 19.6 Å². The lowest BCUT2D eigenvalue weighted by atomic mass is 9.92. The maximum Gasteiger partial charge on any atom is 0.245 e. The van der Waals surface area contributed by atoms with Crippen LogP contribution in [0.4, 0.5) is 5.82 Å². The van der Waals surface area contributed by atoms with Gasteiger partial charge in [0.2, 0.25) is 11.8 Å². The van der Waals surface area contributed by atoms with E-state index in [1.54, 1.807) is 9.58 Å². The van der Waals surface area contributed by atoms with E-state index in [4.69, 9.17) is 5.10 Å². The molecule has 1 aromatic heterocycles. The lowest BCUT2D eigenvalue weighted by Gasteiger charge is -2.24. The molecule has 0 unspecified atom stereocenters. The Bertz CT molecular complexity index is 911. The van der Waals surface area contributed by atoms with E-state index in [0.717, 1.165) is 29.8 Å². The fourth-order valence-electron chi connectivity index (χ4n) is 3.28. The molecule has 7 heteroatoms. The Hall–Kier alpha value is -2.67. The summed E-state index contributed by atoms with van der Waals surface area (Å²) >= 11 is 0. The first-order chi connectivity index (χ1) is 15.0. The van der Waals surface area contributed by atoms with Crippen LogP contribution in [0.2, 0.25) is 0 Å². The monoisotopic (exact) mass is 441 g/mol. The summed E-state index contributed by atoms with van der Waals surface area (Å²) in [6.07, 6.45) is 2.24. The number of carbonyl (C=O) groups excluding carboxylic acids is 2. The minimum absolute atomic E-state index is 0.0200. The summed E-state index contributed by atoms with van der Waals surface area (Å²) in [5, 5.41) is 7.81. The predicted molar refractivity (Wildman–Crippen MR) is 130 cm³/mol. The molecule has 0 saturated carbocycles. The molecule has 1 N–H and O–H groups in total. The van der Waals surface area contributed by atoms with Gasteiger partial charge in [0, 0.05) is 31.0 Å². The first kappa shape index (κ1) is 25.6. The third-order valence-corrected chi connectivity index (χ3v) is 5.34. The zero-order chi connectivity index (χ0) is 23.9. The molecular weight excluding hydrogens is 402 g/mol. The van der Waals surface area contributed by atoms with Crippen molar-refractivity contribution in [2.75, 3.05) is 39.0 Å². The molecule has 0 fully saturated rings. The van der Waals surface area contributed by atoms with Crippen LogP contribution in [0.1, 0.15) is 58.2 Å². The van der Waals surface area contributed by atoms with Crippen molar-refractivity contribution < 1.29 is 9.59 Å². The highest BCUT2D eigenvalue weighted by atomic mass is 16.2. The molecule has 0 aliphatic rings. The third-order valence-electron chi connectivity index (χ3n) is 5.34. The fourth-order valence-corrected chi connectivity index (χ4v) is 3.28. The van der Waals surface area contributed by atoms with Crippen molar-refractivity contribution in [1.29, 1.82) is 0 Å². The Labute approximate surface area is 192 Å². The minimum atomic E-state index is -0.219. The van der Waals surface area contributed by atoms with Crippen molar-refractivity contribution in [3.8, 4) is 5.69 Å². The van der Waals surface area contributed by atoms with Gasteiger partial charge in [-0.2, -0.15) is 5.10 Å². The molecule has 7 nitrogen and oxygen atoms in total. The van der Waals surface area contributed by atoms with E-state index in [1.807, 2.05) is 56.3 Å². The van der Waals surface area contributed by atoms with E-state index in [0.29, 0.717) is 25.3 Å². The average Bonchev–Trinajstić information content (AvgIpc) is 3.13. The Kier molecular flexibility index (Phi) is 9.01. The van der Waals surface area contributed by atoms with Crippen molar-refractivity contribution in [3.05, 3.63) is 41.6 Å². The molecule has 2 rings (SSSR count). The number of unbranched alkanes of at least 4 members (excludes halogenated alkanes) is 1. The molecule has 1 heterocycles. The van der Waals surface area contributed by atoms with Crippen LogP contribution in [0.15, 0.2) is 30.3 Å². The molecule has 0 aliphatic carbocycles. The Morgan fingerprint density at radius 3 is 2.41 bits per heavy atom. The number of para-hydroxylation sites is 1. The van der Waals surface area contributed by atoms with Gasteiger partial charge < -0.3 is 15.1 Å². The summed E-state index contributed by atoms with van der Waals surface area (Å²) in [7, 11) is 3.92. The Balaban J connectivity index is 2.27. The van der Waals surface area contributed by atoms with Gasteiger partial charge >= 0.3 is 0 Å². The van der Waals surface area contributed by atoms with Gasteiger partial charge in [-0.25, -0.2) is 4.68 Å². The zero-order valence-corrected chi connectivity index (χ0v) is 20.7. The molecule has 2 aromatic rings. The first-order valence-electron chi connectivity index (χ1n) is 11.4. The number of carbonyl (C=O) groups is 2. The van der Waals surface area contributed by atoms with E-state index < -0.39 is 0 Å². The second kappa shape index (κ2) is 11.3. The van der Waals surface area contributed by atoms with Crippen LogP contribution in [0, 0.1) is 6.92 Å². The number of likely N-dealkylation sites (N-methyl/N-ethyl adjacent to an activating group) is 1. The summed E-state index contributed by atoms with van der Waals surface area (Å²) in [5.41, 5.74) is 2.71. The number of rotatable bonds is 10. The predicted octanol–water partition coefficient (Wildman–Crippen LogP) is 4.00. The summed E-state index contributed by atoms with van der Waals surface area (Å²) in [5.74, 6) is 0.415. The normalized spacial score (nSPS) is 11.6. The number of aryl methyl sites for hydroxylation is 1. The second-order valence-electron chi connectivity index (χ2n) is 9.63. The van der Waals surface area contributed by atoms with Crippen LogP contribution in [0.5, 0.6) is 0 Å². The summed E-state index contributed by atoms with van der Waals surface area (Å²) in [4.78, 5) is 29.4. The summed E-state index contributed by atoms with van der Waals surface area (Å²) in [6.45, 7) is 11.6. The summed E-state index contributed by atoms with van der Waals surface area (Å²) < 4.78 is 1.79. The summed E-state index contributed by atoms with van der Waals surface area (Å²) in [6, 6.07) is 9.88. The van der Waals surface area contributed by atoms with Gasteiger partial charge in [-0.1, -0.05) is 52.3 Å². The van der Waals surface area contributed by atoms with Gasteiger partial charge in [-0.3, -0.25) is 9.59 Å². The standard InChI is InChI=1S/C25H39N5O2/c1-8-9-14-24(32)29(16-15-28(6)7)18-23(31)26-22-17-21(25(3,4)5)27-30(22)20-13-11-10-12-19(20)2/h10-13,17H,8-9,14-16,18H2,1-7H3,(H,26,31). The van der Waals surface area contributed by atoms with Gasteiger partial charge in [0.15, 0.2) is 0 Å². The SMILES string of the molecule is CCCCC(=O)N(CCN(C)C)CC(=O)Nc1cc(C(C)(C)C)nn1-c1ccccc1C. The van der Waals surface area contributed by atoms with Crippen LogP contribution >= 0.6 is 0 Å². The topological polar surface area (TPSA) is 70.5 Å². The van der Waals surface area contributed by atoms with Crippen molar-refractivity contribution >= 4 is 17.6 Å². The Morgan fingerprint density at radius 1 is 1.12 bits per heavy atom. The highest BCUT2D eigenvalue weighted by Gasteiger charge is 2.23. The molecular formula is C25H39N5O2. The third kappa shape index (κ3) is 7.19. The molecule has 32 heavy (non-hydrogen) atoms. The molecule has 0 bridgehead atoms. The van der Waals surface area contributed by atoms with Crippen LogP contribution in [0.3, 0.4) is 0 Å². The number of nitrogens with zero attached hydrogens (tertiary/aromatic N) is 4. The highest BCUT2D eigenvalue weighted by Crippen LogP contribution is 2.27.